The summed E-state index contributed by atoms with van der Waals surface area (Å²) in [5.74, 6) is 1.09. The lowest BCUT2D eigenvalue weighted by molar-refractivity contribution is -0.143. The highest BCUT2D eigenvalue weighted by molar-refractivity contribution is 6.07. The fourth-order valence-electron chi connectivity index (χ4n) is 7.18. The van der Waals surface area contributed by atoms with Crippen molar-refractivity contribution in [3.63, 3.8) is 0 Å². The predicted molar refractivity (Wildman–Crippen MR) is 214 cm³/mol. The number of hydrogen-bond acceptors (Lipinski definition) is 7. The first-order chi connectivity index (χ1) is 26.8. The van der Waals surface area contributed by atoms with Gasteiger partial charge >= 0.3 is 6.09 Å². The number of aromatic amines is 2. The Bertz CT molecular complexity index is 2490. The van der Waals surface area contributed by atoms with Crippen molar-refractivity contribution in [3.8, 4) is 11.1 Å². The Balaban J connectivity index is 1.12. The van der Waals surface area contributed by atoms with Gasteiger partial charge in [0.15, 0.2) is 6.10 Å². The molecule has 7 rings (SSSR count). The van der Waals surface area contributed by atoms with Crippen LogP contribution < -0.4 is 5.32 Å². The molecule has 0 fully saturated rings. The van der Waals surface area contributed by atoms with Crippen molar-refractivity contribution in [2.75, 3.05) is 33.9 Å². The molecule has 12 heteroatoms. The van der Waals surface area contributed by atoms with E-state index >= 15 is 0 Å². The summed E-state index contributed by atoms with van der Waals surface area (Å²) in [4.78, 5) is 58.2. The summed E-state index contributed by atoms with van der Waals surface area (Å²) in [6.45, 7) is 5.67. The normalized spacial score (nSPS) is 12.0. The smallest absolute Gasteiger partial charge is 0.407 e. The molecule has 0 aliphatic heterocycles. The van der Waals surface area contributed by atoms with E-state index < -0.39 is 12.2 Å². The zero-order valence-corrected chi connectivity index (χ0v) is 31.5. The summed E-state index contributed by atoms with van der Waals surface area (Å²) >= 11 is 0. The van der Waals surface area contributed by atoms with Crippen LogP contribution >= 0.6 is 0 Å². The molecule has 2 aromatic heterocycles. The zero-order chi connectivity index (χ0) is 38.5. The van der Waals surface area contributed by atoms with Gasteiger partial charge in [-0.25, -0.2) is 14.8 Å². The van der Waals surface area contributed by atoms with Crippen molar-refractivity contribution in [2.24, 2.45) is 0 Å². The van der Waals surface area contributed by atoms with E-state index in [1.807, 2.05) is 54.3 Å². The number of benzene rings is 5. The first-order valence-electron chi connectivity index (χ1n) is 18.6. The highest BCUT2D eigenvalue weighted by Crippen LogP contribution is 2.33. The maximum Gasteiger partial charge on any atom is 0.407 e. The van der Waals surface area contributed by atoms with Crippen LogP contribution in [0.15, 0.2) is 91.0 Å². The lowest BCUT2D eigenvalue weighted by Gasteiger charge is -2.26. The van der Waals surface area contributed by atoms with Crippen molar-refractivity contribution in [2.45, 2.75) is 45.9 Å². The zero-order valence-electron chi connectivity index (χ0n) is 31.5. The van der Waals surface area contributed by atoms with Gasteiger partial charge in [-0.2, -0.15) is 0 Å². The SMILES string of the molecule is CCCN(Cc1nc2c(ccc3cc(-c4ccc5c(ccc6[nH]c(CN(CCC)C(=O)[C@H](OC)c7ccccc7)nc65)c4)ccc32)[nH]1)C(=O)CNC(=O)OC. The van der Waals surface area contributed by atoms with Gasteiger partial charge in [-0.1, -0.05) is 80.6 Å². The molecule has 7 aromatic rings. The summed E-state index contributed by atoms with van der Waals surface area (Å²) in [5.41, 5.74) is 6.48. The number of ether oxygens (including phenoxy) is 2. The molecule has 3 amide bonds. The molecule has 2 heterocycles. The molecule has 282 valence electrons. The van der Waals surface area contributed by atoms with E-state index in [0.29, 0.717) is 32.0 Å². The van der Waals surface area contributed by atoms with Gasteiger partial charge in [0, 0.05) is 31.0 Å². The molecule has 0 saturated heterocycles. The molecule has 1 atom stereocenters. The highest BCUT2D eigenvalue weighted by atomic mass is 16.5. The van der Waals surface area contributed by atoms with Crippen LogP contribution in [0.25, 0.3) is 54.7 Å². The highest BCUT2D eigenvalue weighted by Gasteiger charge is 2.26. The number of nitrogens with zero attached hydrogens (tertiary/aromatic N) is 4. The average Bonchev–Trinajstić information content (AvgIpc) is 3.83. The second-order valence-corrected chi connectivity index (χ2v) is 13.6. The van der Waals surface area contributed by atoms with Crippen LogP contribution in [0.2, 0.25) is 0 Å². The van der Waals surface area contributed by atoms with Crippen molar-refractivity contribution in [3.05, 3.63) is 108 Å². The topological polar surface area (TPSA) is 146 Å². The number of alkyl carbamates (subject to hydrolysis) is 1. The van der Waals surface area contributed by atoms with Crippen LogP contribution in [-0.2, 0) is 32.2 Å². The molecule has 0 aliphatic carbocycles. The standard InChI is InChI=1S/C43H45N7O5/c1-5-20-49(38(51)24-44-43(53)55-4)25-36-45-34-18-14-30-22-28(12-16-32(30)39(34)47-36)29-13-17-33-31(23-29)15-19-35-40(33)48-37(46-35)26-50(21-6-2)42(52)41(54-3)27-10-8-7-9-11-27/h7-19,22-23,41H,5-6,20-21,24-26H2,1-4H3,(H,44,53)(H,45,47)(H,46,48)/t41-/m1/s1. The van der Waals surface area contributed by atoms with Gasteiger partial charge in [0.25, 0.3) is 5.91 Å². The largest absolute Gasteiger partial charge is 0.453 e. The minimum Gasteiger partial charge on any atom is -0.453 e. The Morgan fingerprint density at radius 1 is 0.709 bits per heavy atom. The minimum atomic E-state index is -0.683. The summed E-state index contributed by atoms with van der Waals surface area (Å²) in [6, 6.07) is 30.6. The molecule has 3 N–H and O–H groups in total. The van der Waals surface area contributed by atoms with Crippen LogP contribution in [0.3, 0.4) is 0 Å². The number of methoxy groups -OCH3 is 2. The summed E-state index contributed by atoms with van der Waals surface area (Å²) in [7, 11) is 2.83. The Labute approximate surface area is 318 Å². The Kier molecular flexibility index (Phi) is 11.0. The molecular formula is C43H45N7O5. The number of aromatic nitrogens is 4. The summed E-state index contributed by atoms with van der Waals surface area (Å²) in [5, 5.41) is 6.61. The van der Waals surface area contributed by atoms with Gasteiger partial charge < -0.3 is 34.6 Å². The van der Waals surface area contributed by atoms with E-state index in [9.17, 15) is 14.4 Å². The second kappa shape index (κ2) is 16.4. The van der Waals surface area contributed by atoms with E-state index in [4.69, 9.17) is 14.7 Å². The quantitative estimate of drug-likeness (QED) is 0.104. The van der Waals surface area contributed by atoms with Crippen molar-refractivity contribution >= 4 is 61.5 Å². The fraction of sp³-hybridized carbons (Fsp3) is 0.279. The number of rotatable bonds is 14. The monoisotopic (exact) mass is 739 g/mol. The van der Waals surface area contributed by atoms with Crippen LogP contribution in [0.1, 0.15) is 50.0 Å². The molecule has 0 radical (unpaired) electrons. The molecule has 0 saturated carbocycles. The molecule has 0 aliphatic rings. The van der Waals surface area contributed by atoms with Gasteiger partial charge in [0.2, 0.25) is 5.91 Å². The third-order valence-electron chi connectivity index (χ3n) is 9.83. The Morgan fingerprint density at radius 3 is 1.78 bits per heavy atom. The van der Waals surface area contributed by atoms with Gasteiger partial charge in [-0.3, -0.25) is 9.59 Å². The van der Waals surface area contributed by atoms with Gasteiger partial charge in [-0.05, 0) is 64.6 Å². The van der Waals surface area contributed by atoms with Gasteiger partial charge in [-0.15, -0.1) is 0 Å². The number of carbonyl (C=O) groups excluding carboxylic acids is 3. The van der Waals surface area contributed by atoms with Gasteiger partial charge in [0.1, 0.15) is 18.2 Å². The van der Waals surface area contributed by atoms with E-state index in [-0.39, 0.29) is 18.4 Å². The average molecular weight is 740 g/mol. The number of amides is 3. The molecular weight excluding hydrogens is 695 g/mol. The summed E-state index contributed by atoms with van der Waals surface area (Å²) < 4.78 is 10.3. The van der Waals surface area contributed by atoms with Crippen LogP contribution in [0.4, 0.5) is 4.79 Å². The Hall–Kier alpha value is -6.27. The number of nitrogens with one attached hydrogen (secondary N) is 3. The third-order valence-corrected chi connectivity index (χ3v) is 9.83. The minimum absolute atomic E-state index is 0.0914. The fourth-order valence-corrected chi connectivity index (χ4v) is 7.18. The summed E-state index contributed by atoms with van der Waals surface area (Å²) in [6.07, 6.45) is 0.248. The molecule has 0 bridgehead atoms. The van der Waals surface area contributed by atoms with E-state index in [0.717, 1.165) is 79.0 Å². The molecule has 5 aromatic carbocycles. The Morgan fingerprint density at radius 2 is 1.25 bits per heavy atom. The molecule has 0 spiro atoms. The number of carbonyl (C=O) groups is 3. The first-order valence-corrected chi connectivity index (χ1v) is 18.6. The first kappa shape index (κ1) is 37.1. The van der Waals surface area contributed by atoms with Crippen molar-refractivity contribution in [1.29, 1.82) is 0 Å². The maximum atomic E-state index is 13.7. The number of hydrogen-bond donors (Lipinski definition) is 3. The maximum absolute atomic E-state index is 13.7. The third kappa shape index (κ3) is 7.85. The second-order valence-electron chi connectivity index (χ2n) is 13.6. The van der Waals surface area contributed by atoms with Crippen LogP contribution in [0, 0.1) is 0 Å². The number of H-pyrrole nitrogens is 2. The van der Waals surface area contributed by atoms with Gasteiger partial charge in [0.05, 0.1) is 42.3 Å². The molecule has 55 heavy (non-hydrogen) atoms. The lowest BCUT2D eigenvalue weighted by Crippen LogP contribution is -2.40. The predicted octanol–water partition coefficient (Wildman–Crippen LogP) is 7.63. The van der Waals surface area contributed by atoms with E-state index in [1.165, 1.54) is 7.11 Å². The van der Waals surface area contributed by atoms with Crippen LogP contribution in [0.5, 0.6) is 0 Å². The molecule has 0 unspecified atom stereocenters. The number of imidazole rings is 2. The van der Waals surface area contributed by atoms with Crippen LogP contribution in [-0.4, -0.2) is 81.5 Å². The van der Waals surface area contributed by atoms with E-state index in [2.05, 4.69) is 75.5 Å². The van der Waals surface area contributed by atoms with Crippen molar-refractivity contribution in [1.82, 2.24) is 35.1 Å². The molecule has 12 nitrogen and oxygen atoms in total. The number of fused-ring (bicyclic) bond motifs is 6. The van der Waals surface area contributed by atoms with Crippen molar-refractivity contribution < 1.29 is 23.9 Å². The van der Waals surface area contributed by atoms with E-state index in [1.54, 1.807) is 12.0 Å². The lowest BCUT2D eigenvalue weighted by atomic mass is 9.98.